The van der Waals surface area contributed by atoms with Crippen LogP contribution in [0.2, 0.25) is 0 Å². The predicted octanol–water partition coefficient (Wildman–Crippen LogP) is 1.99. The van der Waals surface area contributed by atoms with Crippen LogP contribution < -0.4 is 4.90 Å². The van der Waals surface area contributed by atoms with E-state index in [1.807, 2.05) is 0 Å². The molecule has 1 aromatic heterocycles. The van der Waals surface area contributed by atoms with E-state index >= 15 is 0 Å². The second-order valence-corrected chi connectivity index (χ2v) is 4.56. The zero-order valence-electron chi connectivity index (χ0n) is 10.9. The molecule has 0 N–H and O–H groups in total. The van der Waals surface area contributed by atoms with Gasteiger partial charge < -0.3 is 9.80 Å². The van der Waals surface area contributed by atoms with Gasteiger partial charge in [0.05, 0.1) is 17.8 Å². The third-order valence-electron chi connectivity index (χ3n) is 2.44. The Bertz CT molecular complexity index is 330. The summed E-state index contributed by atoms with van der Waals surface area (Å²) in [5.41, 5.74) is 0.829. The van der Waals surface area contributed by atoms with E-state index in [4.69, 9.17) is 11.6 Å². The summed E-state index contributed by atoms with van der Waals surface area (Å²) in [5, 5.41) is 0. The maximum atomic E-state index is 5.78. The lowest BCUT2D eigenvalue weighted by Gasteiger charge is -2.24. The summed E-state index contributed by atoms with van der Waals surface area (Å²) in [6.45, 7) is 5.13. The van der Waals surface area contributed by atoms with Gasteiger partial charge in [-0.25, -0.2) is 4.98 Å². The van der Waals surface area contributed by atoms with Crippen LogP contribution in [0.3, 0.4) is 0 Å². The van der Waals surface area contributed by atoms with Crippen LogP contribution in [0.25, 0.3) is 0 Å². The fourth-order valence-electron chi connectivity index (χ4n) is 1.54. The number of rotatable bonds is 7. The maximum absolute atomic E-state index is 5.78. The smallest absolute Gasteiger partial charge is 0.147 e. The number of anilines is 1. The number of likely N-dealkylation sites (N-methyl/N-ethyl adjacent to an activating group) is 1. The van der Waals surface area contributed by atoms with Gasteiger partial charge in [0.2, 0.25) is 0 Å². The molecule has 0 radical (unpaired) electrons. The molecule has 0 unspecified atom stereocenters. The largest absolute Gasteiger partial charge is 0.354 e. The molecule has 0 saturated carbocycles. The Morgan fingerprint density at radius 3 is 2.53 bits per heavy atom. The predicted molar refractivity (Wildman–Crippen MR) is 72.6 cm³/mol. The van der Waals surface area contributed by atoms with Crippen LogP contribution in [0.15, 0.2) is 12.4 Å². The van der Waals surface area contributed by atoms with Gasteiger partial charge in [-0.3, -0.25) is 4.98 Å². The minimum Gasteiger partial charge on any atom is -0.354 e. The number of hydrogen-bond donors (Lipinski definition) is 0. The molecule has 0 fully saturated rings. The van der Waals surface area contributed by atoms with Gasteiger partial charge in [-0.05, 0) is 20.5 Å². The summed E-state index contributed by atoms with van der Waals surface area (Å²) in [6.07, 6.45) is 4.62. The third-order valence-corrected chi connectivity index (χ3v) is 2.72. The highest BCUT2D eigenvalue weighted by atomic mass is 35.5. The monoisotopic (exact) mass is 256 g/mol. The zero-order valence-corrected chi connectivity index (χ0v) is 11.6. The Hall–Kier alpha value is -0.870. The average molecular weight is 257 g/mol. The highest BCUT2D eigenvalue weighted by molar-refractivity contribution is 6.16. The Morgan fingerprint density at radius 1 is 1.18 bits per heavy atom. The van der Waals surface area contributed by atoms with Crippen molar-refractivity contribution in [1.82, 2.24) is 14.9 Å². The van der Waals surface area contributed by atoms with Crippen LogP contribution in [0.5, 0.6) is 0 Å². The highest BCUT2D eigenvalue weighted by Crippen LogP contribution is 2.11. The Kier molecular flexibility index (Phi) is 6.22. The molecule has 0 aromatic carbocycles. The molecule has 5 heteroatoms. The minimum atomic E-state index is 0.411. The summed E-state index contributed by atoms with van der Waals surface area (Å²) in [6, 6.07) is 0. The van der Waals surface area contributed by atoms with Crippen molar-refractivity contribution in [1.29, 1.82) is 0 Å². The number of halogens is 1. The van der Waals surface area contributed by atoms with E-state index in [-0.39, 0.29) is 0 Å². The van der Waals surface area contributed by atoms with Crippen molar-refractivity contribution in [3.63, 3.8) is 0 Å². The van der Waals surface area contributed by atoms with E-state index in [9.17, 15) is 0 Å². The molecule has 0 saturated heterocycles. The summed E-state index contributed by atoms with van der Waals surface area (Å²) in [7, 11) is 4.15. The van der Waals surface area contributed by atoms with Gasteiger partial charge in [0, 0.05) is 25.8 Å². The van der Waals surface area contributed by atoms with E-state index in [1.165, 1.54) is 0 Å². The molecule has 0 aliphatic carbocycles. The van der Waals surface area contributed by atoms with E-state index < -0.39 is 0 Å². The summed E-state index contributed by atoms with van der Waals surface area (Å²) in [4.78, 5) is 13.1. The molecular weight excluding hydrogens is 236 g/mol. The van der Waals surface area contributed by atoms with E-state index in [1.54, 1.807) is 12.4 Å². The van der Waals surface area contributed by atoms with Gasteiger partial charge in [-0.2, -0.15) is 0 Å². The van der Waals surface area contributed by atoms with Crippen LogP contribution >= 0.6 is 11.6 Å². The Morgan fingerprint density at radius 2 is 1.94 bits per heavy atom. The second-order valence-electron chi connectivity index (χ2n) is 4.29. The molecule has 0 amide bonds. The molecule has 96 valence electrons. The van der Waals surface area contributed by atoms with Gasteiger partial charge >= 0.3 is 0 Å². The van der Waals surface area contributed by atoms with Crippen LogP contribution in [0, 0.1) is 0 Å². The number of aromatic nitrogens is 2. The van der Waals surface area contributed by atoms with Crippen molar-refractivity contribution in [3.8, 4) is 0 Å². The lowest BCUT2D eigenvalue weighted by atomic mass is 10.3. The second kappa shape index (κ2) is 7.45. The van der Waals surface area contributed by atoms with Crippen molar-refractivity contribution < 1.29 is 0 Å². The fraction of sp³-hybridized carbons (Fsp3) is 0.667. The summed E-state index contributed by atoms with van der Waals surface area (Å²) >= 11 is 5.78. The Balaban J connectivity index is 2.73. The quantitative estimate of drug-likeness (QED) is 0.699. The first kappa shape index (κ1) is 14.2. The van der Waals surface area contributed by atoms with Gasteiger partial charge in [0.25, 0.3) is 0 Å². The van der Waals surface area contributed by atoms with Gasteiger partial charge in [0.15, 0.2) is 0 Å². The molecule has 1 rings (SSSR count). The maximum Gasteiger partial charge on any atom is 0.147 e. The van der Waals surface area contributed by atoms with Crippen molar-refractivity contribution in [2.75, 3.05) is 38.6 Å². The number of hydrogen-bond acceptors (Lipinski definition) is 4. The van der Waals surface area contributed by atoms with E-state index in [0.717, 1.165) is 37.6 Å². The SMILES string of the molecule is CCCN(CCN(C)C)c1cncc(CCl)n1. The topological polar surface area (TPSA) is 32.3 Å². The first-order valence-electron chi connectivity index (χ1n) is 5.94. The molecule has 0 spiro atoms. The first-order chi connectivity index (χ1) is 8.17. The number of nitrogens with zero attached hydrogens (tertiary/aromatic N) is 4. The molecule has 0 aliphatic rings. The normalized spacial score (nSPS) is 10.9. The molecule has 17 heavy (non-hydrogen) atoms. The summed E-state index contributed by atoms with van der Waals surface area (Å²) in [5.74, 6) is 1.33. The van der Waals surface area contributed by atoms with Crippen LogP contribution in [-0.4, -0.2) is 48.6 Å². The number of alkyl halides is 1. The molecule has 0 aliphatic heterocycles. The molecule has 1 aromatic rings. The average Bonchev–Trinajstić information content (AvgIpc) is 2.34. The van der Waals surface area contributed by atoms with Gasteiger partial charge in [-0.1, -0.05) is 6.92 Å². The van der Waals surface area contributed by atoms with Gasteiger partial charge in [-0.15, -0.1) is 11.6 Å². The van der Waals surface area contributed by atoms with Crippen LogP contribution in [-0.2, 0) is 5.88 Å². The highest BCUT2D eigenvalue weighted by Gasteiger charge is 2.08. The van der Waals surface area contributed by atoms with Crippen LogP contribution in [0.1, 0.15) is 19.0 Å². The minimum absolute atomic E-state index is 0.411. The van der Waals surface area contributed by atoms with Crippen molar-refractivity contribution in [2.24, 2.45) is 0 Å². The molecule has 1 heterocycles. The Labute approximate surface area is 109 Å². The lowest BCUT2D eigenvalue weighted by molar-refractivity contribution is 0.412. The van der Waals surface area contributed by atoms with Crippen molar-refractivity contribution >= 4 is 17.4 Å². The lowest BCUT2D eigenvalue weighted by Crippen LogP contribution is -2.33. The van der Waals surface area contributed by atoms with E-state index in [2.05, 4.69) is 40.8 Å². The summed E-state index contributed by atoms with van der Waals surface area (Å²) < 4.78 is 0. The fourth-order valence-corrected chi connectivity index (χ4v) is 1.67. The first-order valence-corrected chi connectivity index (χ1v) is 6.47. The van der Waals surface area contributed by atoms with E-state index in [0.29, 0.717) is 5.88 Å². The van der Waals surface area contributed by atoms with Gasteiger partial charge in [0.1, 0.15) is 5.82 Å². The molecular formula is C12H21ClN4. The van der Waals surface area contributed by atoms with Crippen molar-refractivity contribution in [3.05, 3.63) is 18.1 Å². The van der Waals surface area contributed by atoms with Crippen LogP contribution in [0.4, 0.5) is 5.82 Å². The molecule has 4 nitrogen and oxygen atoms in total. The standard InChI is InChI=1S/C12H21ClN4/c1-4-5-17(7-6-16(2)3)12-10-14-9-11(8-13)15-12/h9-10H,4-8H2,1-3H3. The molecule has 0 bridgehead atoms. The molecule has 0 atom stereocenters. The zero-order chi connectivity index (χ0) is 12.7. The third kappa shape index (κ3) is 4.88. The van der Waals surface area contributed by atoms with Crippen molar-refractivity contribution in [2.45, 2.75) is 19.2 Å².